The summed E-state index contributed by atoms with van der Waals surface area (Å²) in [5.41, 5.74) is 2.25. The molecule has 26 heavy (non-hydrogen) atoms. The Labute approximate surface area is 155 Å². The van der Waals surface area contributed by atoms with Gasteiger partial charge in [-0.3, -0.25) is 9.89 Å². The molecule has 0 saturated heterocycles. The molecule has 0 aliphatic rings. The van der Waals surface area contributed by atoms with Gasteiger partial charge in [0.1, 0.15) is 5.82 Å². The smallest absolute Gasteiger partial charge is 0.234 e. The number of aromatic nitrogens is 3. The van der Waals surface area contributed by atoms with Gasteiger partial charge < -0.3 is 5.32 Å². The van der Waals surface area contributed by atoms with Gasteiger partial charge in [-0.25, -0.2) is 9.37 Å². The molecule has 0 unspecified atom stereocenters. The zero-order valence-corrected chi connectivity index (χ0v) is 15.3. The SMILES string of the molecule is CC(C)c1ccccc1NC(=O)CSc1n[nH]c(-c2ccccc2F)n1. The van der Waals surface area contributed by atoms with E-state index in [1.165, 1.54) is 17.8 Å². The minimum atomic E-state index is -0.372. The lowest BCUT2D eigenvalue weighted by Gasteiger charge is -2.13. The van der Waals surface area contributed by atoms with Gasteiger partial charge in [-0.1, -0.05) is 55.9 Å². The van der Waals surface area contributed by atoms with Gasteiger partial charge in [0.15, 0.2) is 5.82 Å². The van der Waals surface area contributed by atoms with Crippen molar-refractivity contribution in [2.75, 3.05) is 11.1 Å². The number of nitrogens with zero attached hydrogens (tertiary/aromatic N) is 2. The third-order valence-corrected chi connectivity index (χ3v) is 4.63. The van der Waals surface area contributed by atoms with Crippen LogP contribution >= 0.6 is 11.8 Å². The highest BCUT2D eigenvalue weighted by molar-refractivity contribution is 7.99. The van der Waals surface area contributed by atoms with Crippen molar-refractivity contribution in [2.24, 2.45) is 0 Å². The van der Waals surface area contributed by atoms with Gasteiger partial charge in [0.2, 0.25) is 11.1 Å². The molecule has 7 heteroatoms. The van der Waals surface area contributed by atoms with Crippen molar-refractivity contribution in [3.8, 4) is 11.4 Å². The Balaban J connectivity index is 1.62. The summed E-state index contributed by atoms with van der Waals surface area (Å²) in [4.78, 5) is 16.5. The van der Waals surface area contributed by atoms with E-state index in [-0.39, 0.29) is 17.5 Å². The lowest BCUT2D eigenvalue weighted by molar-refractivity contribution is -0.113. The Morgan fingerprint density at radius 1 is 1.19 bits per heavy atom. The minimum Gasteiger partial charge on any atom is -0.325 e. The molecule has 0 radical (unpaired) electrons. The van der Waals surface area contributed by atoms with Gasteiger partial charge >= 0.3 is 0 Å². The Kier molecular flexibility index (Phi) is 5.68. The van der Waals surface area contributed by atoms with Crippen LogP contribution in [0, 0.1) is 5.82 Å². The van der Waals surface area contributed by atoms with E-state index >= 15 is 0 Å². The second-order valence-corrected chi connectivity index (χ2v) is 6.97. The maximum absolute atomic E-state index is 13.8. The lowest BCUT2D eigenvalue weighted by atomic mass is 10.0. The first kappa shape index (κ1) is 18.1. The fourth-order valence-electron chi connectivity index (χ4n) is 2.52. The lowest BCUT2D eigenvalue weighted by Crippen LogP contribution is -2.15. The third-order valence-electron chi connectivity index (χ3n) is 3.78. The first-order valence-electron chi connectivity index (χ1n) is 8.23. The molecule has 5 nitrogen and oxygen atoms in total. The zero-order chi connectivity index (χ0) is 18.5. The van der Waals surface area contributed by atoms with Crippen LogP contribution in [0.15, 0.2) is 53.7 Å². The molecule has 1 amide bonds. The van der Waals surface area contributed by atoms with Crippen molar-refractivity contribution in [1.29, 1.82) is 0 Å². The number of halogens is 1. The van der Waals surface area contributed by atoms with Crippen molar-refractivity contribution in [3.05, 3.63) is 59.9 Å². The second kappa shape index (κ2) is 8.14. The molecule has 0 bridgehead atoms. The normalized spacial score (nSPS) is 10.9. The van der Waals surface area contributed by atoms with Crippen molar-refractivity contribution in [1.82, 2.24) is 15.2 Å². The van der Waals surface area contributed by atoms with E-state index in [2.05, 4.69) is 34.3 Å². The zero-order valence-electron chi connectivity index (χ0n) is 14.5. The molecule has 2 aromatic carbocycles. The van der Waals surface area contributed by atoms with Gasteiger partial charge in [0.25, 0.3) is 0 Å². The number of thioether (sulfide) groups is 1. The minimum absolute atomic E-state index is 0.139. The highest BCUT2D eigenvalue weighted by Gasteiger charge is 2.13. The number of hydrogen-bond acceptors (Lipinski definition) is 4. The van der Waals surface area contributed by atoms with E-state index in [0.717, 1.165) is 11.3 Å². The number of carbonyl (C=O) groups is 1. The third kappa shape index (κ3) is 4.29. The summed E-state index contributed by atoms with van der Waals surface area (Å²) >= 11 is 1.20. The van der Waals surface area contributed by atoms with Crippen molar-refractivity contribution >= 4 is 23.4 Å². The summed E-state index contributed by atoms with van der Waals surface area (Å²) < 4.78 is 13.8. The van der Waals surface area contributed by atoms with E-state index in [1.54, 1.807) is 18.2 Å². The number of amides is 1. The van der Waals surface area contributed by atoms with Crippen molar-refractivity contribution < 1.29 is 9.18 Å². The van der Waals surface area contributed by atoms with Crippen molar-refractivity contribution in [3.63, 3.8) is 0 Å². The van der Waals surface area contributed by atoms with E-state index < -0.39 is 0 Å². The molecule has 3 aromatic rings. The maximum Gasteiger partial charge on any atom is 0.234 e. The fourth-order valence-corrected chi connectivity index (χ4v) is 3.11. The van der Waals surface area contributed by atoms with E-state index in [0.29, 0.717) is 22.5 Å². The number of H-pyrrole nitrogens is 1. The van der Waals surface area contributed by atoms with Crippen LogP contribution < -0.4 is 5.32 Å². The number of nitrogens with one attached hydrogen (secondary N) is 2. The molecule has 0 fully saturated rings. The summed E-state index contributed by atoms with van der Waals surface area (Å²) in [5.74, 6) is 0.316. The number of carbonyl (C=O) groups excluding carboxylic acids is 1. The van der Waals surface area contributed by atoms with E-state index in [9.17, 15) is 9.18 Å². The first-order chi connectivity index (χ1) is 12.5. The number of hydrogen-bond donors (Lipinski definition) is 2. The van der Waals surface area contributed by atoms with Crippen LogP contribution in [0.4, 0.5) is 10.1 Å². The van der Waals surface area contributed by atoms with Crippen LogP contribution in [0.3, 0.4) is 0 Å². The molecule has 3 rings (SSSR count). The molecular weight excluding hydrogens is 351 g/mol. The number of aromatic amines is 1. The number of rotatable bonds is 6. The number of benzene rings is 2. The van der Waals surface area contributed by atoms with Gasteiger partial charge in [-0.2, -0.15) is 0 Å². The summed E-state index contributed by atoms with van der Waals surface area (Å²) in [5, 5.41) is 10.1. The molecule has 1 aromatic heterocycles. The summed E-state index contributed by atoms with van der Waals surface area (Å²) in [6, 6.07) is 14.1. The molecular formula is C19H19FN4OS. The first-order valence-corrected chi connectivity index (χ1v) is 9.22. The molecule has 0 spiro atoms. The molecule has 0 aliphatic heterocycles. The van der Waals surface area contributed by atoms with Gasteiger partial charge in [0, 0.05) is 5.69 Å². The summed E-state index contributed by atoms with van der Waals surface area (Å²) in [6.07, 6.45) is 0. The highest BCUT2D eigenvalue weighted by Crippen LogP contribution is 2.25. The predicted octanol–water partition coefficient (Wildman–Crippen LogP) is 4.47. The van der Waals surface area contributed by atoms with Crippen LogP contribution in [0.1, 0.15) is 25.3 Å². The summed E-state index contributed by atoms with van der Waals surface area (Å²) in [7, 11) is 0. The Morgan fingerprint density at radius 2 is 1.92 bits per heavy atom. The molecule has 1 heterocycles. The van der Waals surface area contributed by atoms with Crippen LogP contribution in [-0.2, 0) is 4.79 Å². The van der Waals surface area contributed by atoms with Crippen LogP contribution in [0.25, 0.3) is 11.4 Å². The maximum atomic E-state index is 13.8. The Hall–Kier alpha value is -2.67. The van der Waals surface area contributed by atoms with Gasteiger partial charge in [0.05, 0.1) is 11.3 Å². The van der Waals surface area contributed by atoms with Crippen LogP contribution in [0.5, 0.6) is 0 Å². The quantitative estimate of drug-likeness (QED) is 0.628. The fraction of sp³-hybridized carbons (Fsp3) is 0.211. The van der Waals surface area contributed by atoms with E-state index in [1.807, 2.05) is 24.3 Å². The van der Waals surface area contributed by atoms with Gasteiger partial charge in [-0.15, -0.1) is 5.10 Å². The highest BCUT2D eigenvalue weighted by atomic mass is 32.2. The summed E-state index contributed by atoms with van der Waals surface area (Å²) in [6.45, 7) is 4.16. The topological polar surface area (TPSA) is 70.7 Å². The van der Waals surface area contributed by atoms with Crippen molar-refractivity contribution in [2.45, 2.75) is 24.9 Å². The number of anilines is 1. The van der Waals surface area contributed by atoms with Crippen LogP contribution in [-0.4, -0.2) is 26.8 Å². The standard InChI is InChI=1S/C19H19FN4OS/c1-12(2)13-7-4-6-10-16(13)21-17(25)11-26-19-22-18(23-24-19)14-8-3-5-9-15(14)20/h3-10,12H,11H2,1-2H3,(H,21,25)(H,22,23,24). The van der Waals surface area contributed by atoms with Crippen LogP contribution in [0.2, 0.25) is 0 Å². The van der Waals surface area contributed by atoms with Gasteiger partial charge in [-0.05, 0) is 29.7 Å². The average Bonchev–Trinajstić information content (AvgIpc) is 3.09. The molecule has 134 valence electrons. The predicted molar refractivity (Wildman–Crippen MR) is 102 cm³/mol. The Morgan fingerprint density at radius 3 is 2.69 bits per heavy atom. The number of para-hydroxylation sites is 1. The monoisotopic (exact) mass is 370 g/mol. The molecule has 0 saturated carbocycles. The average molecular weight is 370 g/mol. The molecule has 0 atom stereocenters. The Bertz CT molecular complexity index is 910. The second-order valence-electron chi connectivity index (χ2n) is 6.03. The largest absolute Gasteiger partial charge is 0.325 e. The molecule has 2 N–H and O–H groups in total. The molecule has 0 aliphatic carbocycles. The van der Waals surface area contributed by atoms with E-state index in [4.69, 9.17) is 0 Å².